The lowest BCUT2D eigenvalue weighted by atomic mass is 9.74. The third-order valence-corrected chi connectivity index (χ3v) is 17.0. The summed E-state index contributed by atoms with van der Waals surface area (Å²) in [6.45, 7) is 13.6. The van der Waals surface area contributed by atoms with Crippen LogP contribution < -0.4 is 10.3 Å². The number of rotatable bonds is 13. The van der Waals surface area contributed by atoms with E-state index in [4.69, 9.17) is 4.74 Å². The second-order valence-electron chi connectivity index (χ2n) is 21.6. The molecule has 0 spiro atoms. The van der Waals surface area contributed by atoms with Crippen molar-refractivity contribution in [2.45, 2.75) is 45.3 Å². The van der Waals surface area contributed by atoms with Crippen LogP contribution in [0.4, 0.5) is 17.1 Å². The molecule has 4 atom stereocenters. The normalized spacial score (nSPS) is 17.9. The van der Waals surface area contributed by atoms with Crippen LogP contribution in [-0.4, -0.2) is 5.90 Å². The van der Waals surface area contributed by atoms with E-state index >= 15 is 0 Å². The Morgan fingerprint density at radius 1 is 0.500 bits per heavy atom. The number of allylic oxidation sites excluding steroid dienone is 1. The smallest absolute Gasteiger partial charge is 0.240 e. The van der Waals surface area contributed by atoms with Gasteiger partial charge in [-0.2, -0.15) is 0 Å². The average Bonchev–Trinajstić information content (AvgIpc) is 4.22. The zero-order chi connectivity index (χ0) is 53.0. The van der Waals surface area contributed by atoms with E-state index in [1.807, 2.05) is 37.3 Å². The number of fused-ring (bicyclic) bond motifs is 2. The summed E-state index contributed by atoms with van der Waals surface area (Å²) in [5.41, 5.74) is 22.2. The lowest BCUT2D eigenvalue weighted by molar-refractivity contribution is 0.0671. The lowest BCUT2D eigenvalue weighted by Crippen LogP contribution is -2.34. The van der Waals surface area contributed by atoms with Crippen molar-refractivity contribution in [3.05, 3.63) is 284 Å². The minimum atomic E-state index is -0.802. The Hall–Kier alpha value is -9.25. The highest BCUT2D eigenvalue weighted by Crippen LogP contribution is 2.63. The van der Waals surface area contributed by atoms with Crippen LogP contribution in [0.3, 0.4) is 0 Å². The average molecular weight is 1010 g/mol. The Labute approximate surface area is 458 Å². The molecule has 11 aromatic carbocycles. The van der Waals surface area contributed by atoms with Crippen LogP contribution in [-0.2, 0) is 15.9 Å². The minimum absolute atomic E-state index is 0.0411. The van der Waals surface area contributed by atoms with Crippen LogP contribution in [0.25, 0.3) is 77.2 Å². The Bertz CT molecular complexity index is 3940. The quantitative estimate of drug-likeness (QED) is 0.117. The van der Waals surface area contributed by atoms with Gasteiger partial charge in [-0.15, -0.1) is 5.10 Å². The van der Waals surface area contributed by atoms with Gasteiger partial charge in [0.1, 0.15) is 0 Å². The van der Waals surface area contributed by atoms with E-state index < -0.39 is 5.72 Å². The molecule has 0 saturated heterocycles. The van der Waals surface area contributed by atoms with Crippen LogP contribution >= 0.6 is 0 Å². The number of anilines is 3. The summed E-state index contributed by atoms with van der Waals surface area (Å²) in [5, 5.41) is 9.57. The van der Waals surface area contributed by atoms with Gasteiger partial charge in [0.25, 0.3) is 0 Å². The van der Waals surface area contributed by atoms with Gasteiger partial charge >= 0.3 is 0 Å². The highest BCUT2D eigenvalue weighted by Gasteiger charge is 2.57. The topological polar surface area (TPSA) is 36.9 Å². The molecule has 1 N–H and O–H groups in total. The number of hydrazone groups is 1. The first-order valence-electron chi connectivity index (χ1n) is 27.3. The molecule has 78 heavy (non-hydrogen) atoms. The van der Waals surface area contributed by atoms with Crippen molar-refractivity contribution in [1.29, 1.82) is 0 Å². The molecule has 0 amide bonds. The van der Waals surface area contributed by atoms with Gasteiger partial charge in [-0.05, 0) is 156 Å². The molecular weight excluding hydrogens is 947 g/mol. The fourth-order valence-corrected chi connectivity index (χ4v) is 12.5. The molecule has 1 aliphatic carbocycles. The highest BCUT2D eigenvalue weighted by molar-refractivity contribution is 5.99. The number of nitrogens with one attached hydrogen (secondary N) is 1. The minimum Gasteiger partial charge on any atom is -0.444 e. The molecule has 1 heterocycles. The first kappa shape index (κ1) is 48.4. The molecule has 2 aliphatic rings. The summed E-state index contributed by atoms with van der Waals surface area (Å²) in [5.74, 6) is 1.39. The van der Waals surface area contributed by atoms with Gasteiger partial charge in [0.15, 0.2) is 0 Å². The van der Waals surface area contributed by atoms with E-state index in [-0.39, 0.29) is 5.41 Å². The molecule has 0 radical (unpaired) electrons. The monoisotopic (exact) mass is 1010 g/mol. The zero-order valence-electron chi connectivity index (χ0n) is 44.6. The molecule has 11 aromatic rings. The van der Waals surface area contributed by atoms with Gasteiger partial charge in [0.05, 0.1) is 0 Å². The maximum Gasteiger partial charge on any atom is 0.240 e. The Kier molecular flexibility index (Phi) is 12.2. The molecular formula is C74H61N3O. The van der Waals surface area contributed by atoms with Crippen LogP contribution in [0.2, 0.25) is 0 Å². The van der Waals surface area contributed by atoms with Crippen molar-refractivity contribution in [2.24, 2.45) is 16.9 Å². The SMILES string of the molecule is C=C(C)C(C)C1(c2cccc(-c3ccccc3-c3ccc(C4(C)NN=C(c5ccccc5)O4)cc3)c2-c2ccc(N(c3ccc(-c4cccc5ccccc45)cc3)c3ccc(-c4cccc5ccccc45)cc3)cc2)CC1C. The fraction of sp³-hybridized carbons (Fsp3) is 0.122. The van der Waals surface area contributed by atoms with Crippen molar-refractivity contribution in [1.82, 2.24) is 5.43 Å². The third kappa shape index (κ3) is 8.55. The molecule has 1 aliphatic heterocycles. The number of hydrogen-bond donors (Lipinski definition) is 1. The Morgan fingerprint density at radius 2 is 0.936 bits per heavy atom. The molecule has 0 bridgehead atoms. The molecule has 0 aromatic heterocycles. The van der Waals surface area contributed by atoms with Crippen LogP contribution in [0, 0.1) is 11.8 Å². The van der Waals surface area contributed by atoms with E-state index in [0.29, 0.717) is 17.7 Å². The molecule has 4 nitrogen and oxygen atoms in total. The number of ether oxygens (including phenoxy) is 1. The second-order valence-corrected chi connectivity index (χ2v) is 21.6. The molecule has 4 unspecified atom stereocenters. The van der Waals surface area contributed by atoms with Gasteiger partial charge < -0.3 is 9.64 Å². The highest BCUT2D eigenvalue weighted by atomic mass is 16.5. The van der Waals surface area contributed by atoms with Crippen LogP contribution in [0.5, 0.6) is 0 Å². The molecule has 13 rings (SSSR count). The predicted octanol–water partition coefficient (Wildman–Crippen LogP) is 19.4. The van der Waals surface area contributed by atoms with Crippen LogP contribution in [0.1, 0.15) is 50.8 Å². The van der Waals surface area contributed by atoms with Crippen LogP contribution in [0.15, 0.2) is 272 Å². The zero-order valence-corrected chi connectivity index (χ0v) is 44.6. The fourth-order valence-electron chi connectivity index (χ4n) is 12.5. The van der Waals surface area contributed by atoms with Crippen molar-refractivity contribution in [3.63, 3.8) is 0 Å². The van der Waals surface area contributed by atoms with E-state index in [1.165, 1.54) is 82.8 Å². The van der Waals surface area contributed by atoms with E-state index in [2.05, 4.69) is 267 Å². The molecule has 378 valence electrons. The number of nitrogens with zero attached hydrogens (tertiary/aromatic N) is 2. The summed E-state index contributed by atoms with van der Waals surface area (Å²) < 4.78 is 6.49. The van der Waals surface area contributed by atoms with Crippen molar-refractivity contribution >= 4 is 44.5 Å². The summed E-state index contributed by atoms with van der Waals surface area (Å²) in [6, 6.07) is 92.6. The largest absolute Gasteiger partial charge is 0.444 e. The van der Waals surface area contributed by atoms with Gasteiger partial charge in [-0.25, -0.2) is 0 Å². The maximum absolute atomic E-state index is 6.49. The first-order chi connectivity index (χ1) is 38.2. The van der Waals surface area contributed by atoms with Gasteiger partial charge in [0.2, 0.25) is 11.6 Å². The van der Waals surface area contributed by atoms with Gasteiger partial charge in [0, 0.05) is 40.5 Å². The number of hydrogen-bond acceptors (Lipinski definition) is 4. The second kappa shape index (κ2) is 19.7. The molecule has 4 heteroatoms. The maximum atomic E-state index is 6.49. The van der Waals surface area contributed by atoms with E-state index in [9.17, 15) is 0 Å². The lowest BCUT2D eigenvalue weighted by Gasteiger charge is -2.30. The molecule has 1 saturated carbocycles. The first-order valence-corrected chi connectivity index (χ1v) is 27.3. The standard InChI is InChI=1S/C74H61N3O/c1-49(2)51(4)74(48-50(74)3)70-31-17-30-69(68-27-14-13-26-67(68)54-32-40-59(41-33-54)73(5)76-75-72(78-73)58-20-7-6-8-21-58)71(70)57-38-46-62(47-39-57)77(60-42-34-55(35-43-60)65-28-15-22-52-18-9-11-24-63(52)65)61-44-36-56(37-45-61)66-29-16-23-53-19-10-12-25-64(53)66/h6-47,50-51,76H,1,48H2,2-5H3. The van der Waals surface area contributed by atoms with Crippen molar-refractivity contribution < 1.29 is 4.74 Å². The number of benzene rings is 11. The Morgan fingerprint density at radius 3 is 1.49 bits per heavy atom. The Balaban J connectivity index is 0.907. The summed E-state index contributed by atoms with van der Waals surface area (Å²) in [4.78, 5) is 2.39. The molecule has 1 fully saturated rings. The predicted molar refractivity (Wildman–Crippen MR) is 327 cm³/mol. The van der Waals surface area contributed by atoms with Crippen molar-refractivity contribution in [3.8, 4) is 55.6 Å². The summed E-state index contributed by atoms with van der Waals surface area (Å²) >= 11 is 0. The van der Waals surface area contributed by atoms with Crippen molar-refractivity contribution in [2.75, 3.05) is 4.90 Å². The van der Waals surface area contributed by atoms with E-state index in [0.717, 1.165) is 40.2 Å². The van der Waals surface area contributed by atoms with Gasteiger partial charge in [-0.3, -0.25) is 5.43 Å². The van der Waals surface area contributed by atoms with E-state index in [1.54, 1.807) is 0 Å². The van der Waals surface area contributed by atoms with Gasteiger partial charge in [-0.1, -0.05) is 232 Å². The third-order valence-electron chi connectivity index (χ3n) is 17.0. The summed E-state index contributed by atoms with van der Waals surface area (Å²) in [7, 11) is 0. The summed E-state index contributed by atoms with van der Waals surface area (Å²) in [6.07, 6.45) is 1.11.